The molecule has 0 unspecified atom stereocenters. The highest BCUT2D eigenvalue weighted by atomic mass is 15.3. The molecule has 12 heavy (non-hydrogen) atoms. The first-order valence-corrected chi connectivity index (χ1v) is 3.96. The molecule has 0 spiro atoms. The molecule has 0 aliphatic heterocycles. The molecule has 0 atom stereocenters. The Morgan fingerprint density at radius 2 is 2.17 bits per heavy atom. The second-order valence-corrected chi connectivity index (χ2v) is 3.60. The minimum absolute atomic E-state index is 0.259. The van der Waals surface area contributed by atoms with Gasteiger partial charge in [-0.1, -0.05) is 5.92 Å². The van der Waals surface area contributed by atoms with Gasteiger partial charge in [-0.25, -0.2) is 0 Å². The maximum atomic E-state index is 5.42. The maximum Gasteiger partial charge on any atom is 0.0828 e. The summed E-state index contributed by atoms with van der Waals surface area (Å²) in [5.74, 6) is 2.74. The van der Waals surface area contributed by atoms with Crippen LogP contribution in [0.3, 0.4) is 0 Å². The second-order valence-electron chi connectivity index (χ2n) is 3.60. The van der Waals surface area contributed by atoms with Gasteiger partial charge in [0, 0.05) is 13.2 Å². The molecule has 0 N–H and O–H groups in total. The normalized spacial score (nSPS) is 11.2. The molecule has 0 aliphatic rings. The molecule has 0 bridgehead atoms. The van der Waals surface area contributed by atoms with Gasteiger partial charge in [0.05, 0.1) is 11.1 Å². The average molecular weight is 162 g/mol. The van der Waals surface area contributed by atoms with E-state index in [1.807, 2.05) is 34.0 Å². The van der Waals surface area contributed by atoms with Crippen molar-refractivity contribution < 1.29 is 0 Å². The van der Waals surface area contributed by atoms with Crippen molar-refractivity contribution in [1.82, 2.24) is 9.78 Å². The van der Waals surface area contributed by atoms with E-state index in [2.05, 4.69) is 11.0 Å². The van der Waals surface area contributed by atoms with E-state index in [1.165, 1.54) is 0 Å². The lowest BCUT2D eigenvalue weighted by atomic mass is 9.88. The van der Waals surface area contributed by atoms with Gasteiger partial charge < -0.3 is 0 Å². The van der Waals surface area contributed by atoms with Crippen LogP contribution < -0.4 is 0 Å². The fraction of sp³-hybridized carbons (Fsp3) is 0.500. The summed E-state index contributed by atoms with van der Waals surface area (Å²) in [6.45, 7) is 6.03. The van der Waals surface area contributed by atoms with Crippen molar-refractivity contribution in [2.24, 2.45) is 7.05 Å². The molecule has 0 amide bonds. The quantitative estimate of drug-likeness (QED) is 0.574. The molecule has 2 nitrogen and oxygen atoms in total. The van der Waals surface area contributed by atoms with E-state index in [0.717, 1.165) is 11.3 Å². The van der Waals surface area contributed by atoms with Gasteiger partial charge in [0.25, 0.3) is 0 Å². The van der Waals surface area contributed by atoms with Gasteiger partial charge in [-0.3, -0.25) is 4.68 Å². The first-order valence-electron chi connectivity index (χ1n) is 3.96. The van der Waals surface area contributed by atoms with Crippen molar-refractivity contribution in [2.75, 3.05) is 0 Å². The van der Waals surface area contributed by atoms with Crippen molar-refractivity contribution in [3.8, 4) is 12.3 Å². The molecular weight excluding hydrogens is 148 g/mol. The molecule has 0 aliphatic carbocycles. The van der Waals surface area contributed by atoms with E-state index in [-0.39, 0.29) is 5.41 Å². The van der Waals surface area contributed by atoms with Crippen LogP contribution in [0.5, 0.6) is 0 Å². The summed E-state index contributed by atoms with van der Waals surface area (Å²) in [5, 5.41) is 4.33. The lowest BCUT2D eigenvalue weighted by molar-refractivity contribution is 0.632. The standard InChI is InChI=1S/C10H14N2/c1-6-10(3,4)9-8(2)7-12(5)11-9/h1,7H,2-5H3. The first-order chi connectivity index (χ1) is 5.47. The number of aromatic nitrogens is 2. The van der Waals surface area contributed by atoms with Gasteiger partial charge in [0.15, 0.2) is 0 Å². The van der Waals surface area contributed by atoms with Crippen LogP contribution in [0, 0.1) is 19.3 Å². The topological polar surface area (TPSA) is 17.8 Å². The van der Waals surface area contributed by atoms with E-state index in [0.29, 0.717) is 0 Å². The minimum Gasteiger partial charge on any atom is -0.275 e. The molecular formula is C10H14N2. The van der Waals surface area contributed by atoms with E-state index in [4.69, 9.17) is 6.42 Å². The van der Waals surface area contributed by atoms with E-state index in [9.17, 15) is 0 Å². The fourth-order valence-electron chi connectivity index (χ4n) is 1.29. The summed E-state index contributed by atoms with van der Waals surface area (Å²) in [6.07, 6.45) is 7.40. The Morgan fingerprint density at radius 1 is 1.58 bits per heavy atom. The number of hydrogen-bond donors (Lipinski definition) is 0. The van der Waals surface area contributed by atoms with Crippen molar-refractivity contribution >= 4 is 0 Å². The zero-order chi connectivity index (χ0) is 9.35. The van der Waals surface area contributed by atoms with Gasteiger partial charge in [-0.15, -0.1) is 6.42 Å². The SMILES string of the molecule is C#CC(C)(C)c1nn(C)cc1C. The zero-order valence-corrected chi connectivity index (χ0v) is 8.05. The monoisotopic (exact) mass is 162 g/mol. The predicted octanol–water partition coefficient (Wildman–Crippen LogP) is 1.64. The van der Waals surface area contributed by atoms with Crippen LogP contribution in [0.2, 0.25) is 0 Å². The van der Waals surface area contributed by atoms with Crippen LogP contribution in [0.15, 0.2) is 6.20 Å². The lowest BCUT2D eigenvalue weighted by Crippen LogP contribution is -2.16. The number of nitrogens with zero attached hydrogens (tertiary/aromatic N) is 2. The summed E-state index contributed by atoms with van der Waals surface area (Å²) < 4.78 is 1.80. The Balaban J connectivity index is 3.21. The number of hydrogen-bond acceptors (Lipinski definition) is 1. The molecule has 1 aromatic heterocycles. The van der Waals surface area contributed by atoms with Gasteiger partial charge in [0.2, 0.25) is 0 Å². The number of terminal acetylenes is 1. The summed E-state index contributed by atoms with van der Waals surface area (Å²) >= 11 is 0. The summed E-state index contributed by atoms with van der Waals surface area (Å²) in [7, 11) is 1.91. The van der Waals surface area contributed by atoms with E-state index in [1.54, 1.807) is 4.68 Å². The fourth-order valence-corrected chi connectivity index (χ4v) is 1.29. The molecule has 64 valence electrons. The smallest absolute Gasteiger partial charge is 0.0828 e. The third kappa shape index (κ3) is 1.35. The average Bonchev–Trinajstić information content (AvgIpc) is 2.31. The number of rotatable bonds is 1. The van der Waals surface area contributed by atoms with Crippen LogP contribution in [-0.4, -0.2) is 9.78 Å². The van der Waals surface area contributed by atoms with Crippen LogP contribution >= 0.6 is 0 Å². The predicted molar refractivity (Wildman–Crippen MR) is 49.8 cm³/mol. The molecule has 0 saturated heterocycles. The summed E-state index contributed by atoms with van der Waals surface area (Å²) in [5.41, 5.74) is 1.89. The molecule has 1 heterocycles. The van der Waals surface area contributed by atoms with Gasteiger partial charge in [-0.2, -0.15) is 5.10 Å². The molecule has 1 aromatic rings. The molecule has 0 radical (unpaired) electrons. The molecule has 0 saturated carbocycles. The van der Waals surface area contributed by atoms with Crippen LogP contribution in [-0.2, 0) is 12.5 Å². The van der Waals surface area contributed by atoms with Gasteiger partial charge >= 0.3 is 0 Å². The van der Waals surface area contributed by atoms with Crippen molar-refractivity contribution in [3.05, 3.63) is 17.5 Å². The minimum atomic E-state index is -0.259. The van der Waals surface area contributed by atoms with Gasteiger partial charge in [0.1, 0.15) is 0 Å². The Hall–Kier alpha value is -1.23. The van der Waals surface area contributed by atoms with Gasteiger partial charge in [-0.05, 0) is 26.3 Å². The Bertz CT molecular complexity index is 326. The van der Waals surface area contributed by atoms with Crippen LogP contribution in [0.4, 0.5) is 0 Å². The summed E-state index contributed by atoms with van der Waals surface area (Å²) in [4.78, 5) is 0. The Kier molecular flexibility index (Phi) is 1.97. The maximum absolute atomic E-state index is 5.42. The van der Waals surface area contributed by atoms with E-state index >= 15 is 0 Å². The zero-order valence-electron chi connectivity index (χ0n) is 8.05. The molecule has 2 heteroatoms. The van der Waals surface area contributed by atoms with Crippen LogP contribution in [0.25, 0.3) is 0 Å². The Morgan fingerprint density at radius 3 is 2.50 bits per heavy atom. The molecule has 0 fully saturated rings. The Labute approximate surface area is 73.6 Å². The lowest BCUT2D eigenvalue weighted by Gasteiger charge is -2.14. The molecule has 1 rings (SSSR count). The first kappa shape index (κ1) is 8.86. The van der Waals surface area contributed by atoms with E-state index < -0.39 is 0 Å². The highest BCUT2D eigenvalue weighted by Crippen LogP contribution is 2.22. The van der Waals surface area contributed by atoms with Crippen LogP contribution in [0.1, 0.15) is 25.1 Å². The highest BCUT2D eigenvalue weighted by molar-refractivity contribution is 5.31. The summed E-state index contributed by atoms with van der Waals surface area (Å²) in [6, 6.07) is 0. The largest absolute Gasteiger partial charge is 0.275 e. The molecule has 0 aromatic carbocycles. The van der Waals surface area contributed by atoms with Crippen molar-refractivity contribution in [3.63, 3.8) is 0 Å². The third-order valence-electron chi connectivity index (χ3n) is 1.96. The van der Waals surface area contributed by atoms with Crippen molar-refractivity contribution in [1.29, 1.82) is 0 Å². The highest BCUT2D eigenvalue weighted by Gasteiger charge is 2.22. The number of aryl methyl sites for hydroxylation is 2. The van der Waals surface area contributed by atoms with Crippen molar-refractivity contribution in [2.45, 2.75) is 26.2 Å². The second kappa shape index (κ2) is 2.67. The third-order valence-corrected chi connectivity index (χ3v) is 1.96.